The fourth-order valence-electron chi connectivity index (χ4n) is 1.65. The molecule has 10 nitrogen and oxygen atoms in total. The van der Waals surface area contributed by atoms with E-state index >= 15 is 0 Å². The molecule has 28 heavy (non-hydrogen) atoms. The Labute approximate surface area is 161 Å². The lowest BCUT2D eigenvalue weighted by molar-refractivity contribution is -0.165. The molecule has 0 saturated heterocycles. The number of halogens is 1. The van der Waals surface area contributed by atoms with E-state index in [9.17, 15) is 22.4 Å². The van der Waals surface area contributed by atoms with Gasteiger partial charge in [-0.15, -0.1) is 0 Å². The number of sulfone groups is 1. The third-order valence-electron chi connectivity index (χ3n) is 3.05. The Morgan fingerprint density at radius 1 is 1.11 bits per heavy atom. The van der Waals surface area contributed by atoms with Gasteiger partial charge in [0.1, 0.15) is 18.2 Å². The van der Waals surface area contributed by atoms with Gasteiger partial charge >= 0.3 is 11.9 Å². The van der Waals surface area contributed by atoms with Gasteiger partial charge in [-0.05, 0) is 25.1 Å². The number of carboxylic acids is 2. The molecule has 0 aliphatic carbocycles. The summed E-state index contributed by atoms with van der Waals surface area (Å²) in [6.45, 7) is 3.95. The standard InChI is InChI=1S/C12H18FNO3S.C4H6O6/c1-3-4-14-5-6-17-11-7-10(13)8-12(9-11)18(2,15)16;5-1(3(7)8)2(6)4(9)10/h7-9,14H,3-6H2,1-2H3;1-2,5-6H,(H,7,8)(H,9,10). The first-order valence-corrected chi connectivity index (χ1v) is 9.95. The summed E-state index contributed by atoms with van der Waals surface area (Å²) in [7, 11) is -3.42. The molecule has 0 fully saturated rings. The molecule has 1 aromatic rings. The van der Waals surface area contributed by atoms with Crippen molar-refractivity contribution in [3.8, 4) is 5.75 Å². The molecule has 0 aliphatic heterocycles. The minimum atomic E-state index is -3.42. The van der Waals surface area contributed by atoms with Crippen molar-refractivity contribution < 1.29 is 47.6 Å². The Morgan fingerprint density at radius 2 is 1.64 bits per heavy atom. The van der Waals surface area contributed by atoms with Gasteiger partial charge in [0, 0.05) is 18.9 Å². The minimum Gasteiger partial charge on any atom is -0.492 e. The zero-order chi connectivity index (χ0) is 21.9. The van der Waals surface area contributed by atoms with Crippen LogP contribution in [0.25, 0.3) is 0 Å². The van der Waals surface area contributed by atoms with E-state index in [1.165, 1.54) is 12.1 Å². The van der Waals surface area contributed by atoms with Gasteiger partial charge < -0.3 is 30.5 Å². The largest absolute Gasteiger partial charge is 0.492 e. The predicted octanol–water partition coefficient (Wildman–Crippen LogP) is -0.515. The number of aliphatic hydroxyl groups is 2. The second-order valence-electron chi connectivity index (χ2n) is 5.56. The highest BCUT2D eigenvalue weighted by atomic mass is 32.2. The molecule has 0 aliphatic rings. The molecule has 12 heteroatoms. The van der Waals surface area contributed by atoms with Gasteiger partial charge in [0.15, 0.2) is 22.0 Å². The van der Waals surface area contributed by atoms with Crippen molar-refractivity contribution in [2.24, 2.45) is 0 Å². The first-order chi connectivity index (χ1) is 12.9. The van der Waals surface area contributed by atoms with Gasteiger partial charge in [0.05, 0.1) is 4.90 Å². The van der Waals surface area contributed by atoms with Crippen LogP contribution in [0.3, 0.4) is 0 Å². The summed E-state index contributed by atoms with van der Waals surface area (Å²) in [5.41, 5.74) is 0. The van der Waals surface area contributed by atoms with Crippen LogP contribution in [0, 0.1) is 5.82 Å². The average molecular weight is 425 g/mol. The Hall–Kier alpha value is -2.28. The third kappa shape index (κ3) is 10.2. The summed E-state index contributed by atoms with van der Waals surface area (Å²) in [5, 5.41) is 35.7. The predicted molar refractivity (Wildman–Crippen MR) is 95.5 cm³/mol. The van der Waals surface area contributed by atoms with E-state index in [1.807, 2.05) is 0 Å². The number of hydrogen-bond donors (Lipinski definition) is 5. The van der Waals surface area contributed by atoms with E-state index in [1.54, 1.807) is 0 Å². The van der Waals surface area contributed by atoms with Gasteiger partial charge in [-0.25, -0.2) is 22.4 Å². The molecule has 0 radical (unpaired) electrons. The number of rotatable bonds is 10. The van der Waals surface area contributed by atoms with Gasteiger partial charge in [-0.1, -0.05) is 6.92 Å². The minimum absolute atomic E-state index is 0.0704. The number of carbonyl (C=O) groups is 2. The topological polar surface area (TPSA) is 170 Å². The lowest BCUT2D eigenvalue weighted by Gasteiger charge is -2.08. The van der Waals surface area contributed by atoms with Crippen LogP contribution in [0.1, 0.15) is 13.3 Å². The highest BCUT2D eigenvalue weighted by Crippen LogP contribution is 2.19. The van der Waals surface area contributed by atoms with Gasteiger partial charge in [-0.3, -0.25) is 0 Å². The van der Waals surface area contributed by atoms with E-state index in [-0.39, 0.29) is 10.6 Å². The maximum absolute atomic E-state index is 13.2. The maximum atomic E-state index is 13.2. The molecule has 2 atom stereocenters. The van der Waals surface area contributed by atoms with Crippen LogP contribution in [0.15, 0.2) is 23.1 Å². The summed E-state index contributed by atoms with van der Waals surface area (Å²) in [6, 6.07) is 3.49. The molecule has 0 bridgehead atoms. The quantitative estimate of drug-likeness (QED) is 0.307. The van der Waals surface area contributed by atoms with Crippen molar-refractivity contribution in [1.29, 1.82) is 0 Å². The smallest absolute Gasteiger partial charge is 0.335 e. The van der Waals surface area contributed by atoms with E-state index in [0.29, 0.717) is 13.2 Å². The normalized spacial score (nSPS) is 13.0. The van der Waals surface area contributed by atoms with Crippen molar-refractivity contribution in [3.63, 3.8) is 0 Å². The molecular weight excluding hydrogens is 401 g/mol. The highest BCUT2D eigenvalue weighted by molar-refractivity contribution is 7.90. The SMILES string of the molecule is CCCNCCOc1cc(F)cc(S(C)(=O)=O)c1.O=C(O)C(O)C(O)C(=O)O. The zero-order valence-electron chi connectivity index (χ0n) is 15.3. The maximum Gasteiger partial charge on any atom is 0.335 e. The number of hydrogen-bond acceptors (Lipinski definition) is 8. The molecule has 2 unspecified atom stereocenters. The van der Waals surface area contributed by atoms with E-state index in [0.717, 1.165) is 25.3 Å². The molecule has 0 amide bonds. The van der Waals surface area contributed by atoms with Crippen molar-refractivity contribution in [3.05, 3.63) is 24.0 Å². The number of ether oxygens (including phenoxy) is 1. The summed E-state index contributed by atoms with van der Waals surface area (Å²) in [5.74, 6) is -3.92. The first-order valence-electron chi connectivity index (χ1n) is 8.06. The van der Waals surface area contributed by atoms with Crippen LogP contribution >= 0.6 is 0 Å². The van der Waals surface area contributed by atoms with Crippen LogP contribution in [0.5, 0.6) is 5.75 Å². The Bertz CT molecular complexity index is 736. The van der Waals surface area contributed by atoms with Crippen molar-refractivity contribution in [1.82, 2.24) is 5.32 Å². The van der Waals surface area contributed by atoms with Crippen LogP contribution < -0.4 is 10.1 Å². The second-order valence-corrected chi connectivity index (χ2v) is 7.58. The van der Waals surface area contributed by atoms with E-state index in [4.69, 9.17) is 25.2 Å². The third-order valence-corrected chi connectivity index (χ3v) is 4.14. The summed E-state index contributed by atoms with van der Waals surface area (Å²) in [4.78, 5) is 19.5. The molecule has 0 aromatic heterocycles. The van der Waals surface area contributed by atoms with Crippen LogP contribution in [-0.2, 0) is 19.4 Å². The van der Waals surface area contributed by atoms with Crippen LogP contribution in [0.2, 0.25) is 0 Å². The van der Waals surface area contributed by atoms with Crippen LogP contribution in [-0.4, -0.2) is 78.9 Å². The monoisotopic (exact) mass is 425 g/mol. The molecule has 0 spiro atoms. The molecule has 160 valence electrons. The number of nitrogens with one attached hydrogen (secondary N) is 1. The average Bonchev–Trinajstić information content (AvgIpc) is 2.59. The van der Waals surface area contributed by atoms with Crippen molar-refractivity contribution >= 4 is 21.8 Å². The van der Waals surface area contributed by atoms with Gasteiger partial charge in [-0.2, -0.15) is 0 Å². The molecule has 1 aromatic carbocycles. The fourth-order valence-corrected chi connectivity index (χ4v) is 2.30. The summed E-state index contributed by atoms with van der Waals surface area (Å²) >= 11 is 0. The first kappa shape index (κ1) is 25.7. The lowest BCUT2D eigenvalue weighted by atomic mass is 10.2. The zero-order valence-corrected chi connectivity index (χ0v) is 16.1. The van der Waals surface area contributed by atoms with E-state index in [2.05, 4.69) is 12.2 Å². The number of aliphatic carboxylic acids is 2. The number of benzene rings is 1. The molecular formula is C16H24FNO9S. The molecule has 5 N–H and O–H groups in total. The van der Waals surface area contributed by atoms with Crippen LogP contribution in [0.4, 0.5) is 4.39 Å². The van der Waals surface area contributed by atoms with Gasteiger partial charge in [0.2, 0.25) is 0 Å². The van der Waals surface area contributed by atoms with Gasteiger partial charge in [0.25, 0.3) is 0 Å². The number of carboxylic acid groups (broad SMARTS) is 2. The Kier molecular flexibility index (Phi) is 11.2. The lowest BCUT2D eigenvalue weighted by Crippen LogP contribution is -2.39. The molecule has 0 saturated carbocycles. The Morgan fingerprint density at radius 3 is 2.07 bits per heavy atom. The van der Waals surface area contributed by atoms with Crippen molar-refractivity contribution in [2.75, 3.05) is 26.0 Å². The second kappa shape index (κ2) is 12.2. The summed E-state index contributed by atoms with van der Waals surface area (Å²) < 4.78 is 41.2. The fraction of sp³-hybridized carbons (Fsp3) is 0.500. The van der Waals surface area contributed by atoms with Crippen molar-refractivity contribution in [2.45, 2.75) is 30.4 Å². The highest BCUT2D eigenvalue weighted by Gasteiger charge is 2.29. The Balaban J connectivity index is 0.000000621. The molecule has 0 heterocycles. The van der Waals surface area contributed by atoms with E-state index < -0.39 is 39.8 Å². The number of aliphatic hydroxyl groups excluding tert-OH is 2. The summed E-state index contributed by atoms with van der Waals surface area (Å²) in [6.07, 6.45) is -2.47. The molecule has 1 rings (SSSR count).